The van der Waals surface area contributed by atoms with E-state index in [9.17, 15) is 0 Å². The monoisotopic (exact) mass is 350 g/mol. The maximum Gasteiger partial charge on any atom is 0.00987 e. The first-order valence-corrected chi connectivity index (χ1v) is 9.76. The van der Waals surface area contributed by atoms with Crippen LogP contribution in [0.15, 0.2) is 72.1 Å². The van der Waals surface area contributed by atoms with E-state index in [0.29, 0.717) is 5.41 Å². The largest absolute Gasteiger partial charge is 0.148 e. The summed E-state index contributed by atoms with van der Waals surface area (Å²) in [6.45, 7) is 13.4. The Labute approximate surface area is 157 Å². The topological polar surface area (TPSA) is 0 Å². The molecule has 2 aromatic carbocycles. The van der Waals surface area contributed by atoms with Gasteiger partial charge in [-0.25, -0.2) is 0 Å². The van der Waals surface area contributed by atoms with E-state index >= 15 is 0 Å². The lowest BCUT2D eigenvalue weighted by Gasteiger charge is -2.19. The van der Waals surface area contributed by atoms with Crippen molar-refractivity contribution in [2.24, 2.45) is 0 Å². The minimum absolute atomic E-state index is 0.231. The zero-order valence-electron chi connectivity index (χ0n) is 16.3. The molecule has 25 heavy (non-hydrogen) atoms. The first-order valence-electron chi connectivity index (χ1n) is 8.88. The van der Waals surface area contributed by atoms with Gasteiger partial charge < -0.3 is 0 Å². The summed E-state index contributed by atoms with van der Waals surface area (Å²) in [5, 5.41) is 2.13. The SMILES string of the molecule is CC(C)(C)c1ccc(-c2ccccc2)cc1.CC(C)(C)c1cccs1. The zero-order chi connectivity index (χ0) is 18.5. The van der Waals surface area contributed by atoms with Crippen LogP contribution in [0.3, 0.4) is 0 Å². The predicted octanol–water partition coefficient (Wildman–Crippen LogP) is 7.70. The van der Waals surface area contributed by atoms with Crippen LogP contribution in [0.1, 0.15) is 52.0 Å². The van der Waals surface area contributed by atoms with Gasteiger partial charge >= 0.3 is 0 Å². The highest BCUT2D eigenvalue weighted by Crippen LogP contribution is 2.26. The Balaban J connectivity index is 0.000000212. The van der Waals surface area contributed by atoms with Crippen molar-refractivity contribution >= 4 is 11.3 Å². The molecule has 0 atom stereocenters. The molecule has 0 fully saturated rings. The lowest BCUT2D eigenvalue weighted by atomic mass is 9.86. The summed E-state index contributed by atoms with van der Waals surface area (Å²) in [5.74, 6) is 0. The van der Waals surface area contributed by atoms with Gasteiger partial charge in [-0.05, 0) is 39.0 Å². The highest BCUT2D eigenvalue weighted by Gasteiger charge is 2.13. The molecule has 0 N–H and O–H groups in total. The molecule has 1 heterocycles. The van der Waals surface area contributed by atoms with E-state index in [-0.39, 0.29) is 5.41 Å². The smallest absolute Gasteiger partial charge is 0.00987 e. The summed E-state index contributed by atoms with van der Waals surface area (Å²) in [4.78, 5) is 1.46. The van der Waals surface area contributed by atoms with Gasteiger partial charge in [0.1, 0.15) is 0 Å². The molecule has 1 heteroatoms. The average molecular weight is 351 g/mol. The second kappa shape index (κ2) is 8.01. The Morgan fingerprint density at radius 2 is 1.12 bits per heavy atom. The van der Waals surface area contributed by atoms with Crippen molar-refractivity contribution in [2.75, 3.05) is 0 Å². The fourth-order valence-corrected chi connectivity index (χ4v) is 3.31. The van der Waals surface area contributed by atoms with Crippen molar-refractivity contribution in [1.82, 2.24) is 0 Å². The molecule has 132 valence electrons. The third-order valence-electron chi connectivity index (χ3n) is 4.12. The van der Waals surface area contributed by atoms with Crippen LogP contribution in [-0.2, 0) is 10.8 Å². The number of hydrogen-bond acceptors (Lipinski definition) is 1. The molecule has 0 spiro atoms. The van der Waals surface area contributed by atoms with Gasteiger partial charge in [0, 0.05) is 4.88 Å². The van der Waals surface area contributed by atoms with Crippen LogP contribution in [0.2, 0.25) is 0 Å². The van der Waals surface area contributed by atoms with E-state index < -0.39 is 0 Å². The van der Waals surface area contributed by atoms with Gasteiger partial charge in [-0.2, -0.15) is 0 Å². The molecule has 0 saturated carbocycles. The summed E-state index contributed by atoms with van der Waals surface area (Å²) in [7, 11) is 0. The first kappa shape index (κ1) is 19.5. The molecule has 0 saturated heterocycles. The minimum Gasteiger partial charge on any atom is -0.148 e. The fourth-order valence-electron chi connectivity index (χ4n) is 2.50. The molecule has 3 aromatic rings. The number of benzene rings is 2. The predicted molar refractivity (Wildman–Crippen MR) is 114 cm³/mol. The van der Waals surface area contributed by atoms with Crippen molar-refractivity contribution < 1.29 is 0 Å². The van der Waals surface area contributed by atoms with Crippen molar-refractivity contribution in [3.05, 3.63) is 82.6 Å². The van der Waals surface area contributed by atoms with Crippen LogP contribution >= 0.6 is 11.3 Å². The van der Waals surface area contributed by atoms with Gasteiger partial charge in [0.15, 0.2) is 0 Å². The number of rotatable bonds is 1. The van der Waals surface area contributed by atoms with Crippen LogP contribution in [-0.4, -0.2) is 0 Å². The van der Waals surface area contributed by atoms with Crippen LogP contribution in [0.5, 0.6) is 0 Å². The first-order chi connectivity index (χ1) is 11.7. The Hall–Kier alpha value is -1.86. The number of hydrogen-bond donors (Lipinski definition) is 0. The normalized spacial score (nSPS) is 11.6. The van der Waals surface area contributed by atoms with Crippen LogP contribution < -0.4 is 0 Å². The summed E-state index contributed by atoms with van der Waals surface area (Å²) >= 11 is 1.83. The lowest BCUT2D eigenvalue weighted by molar-refractivity contribution is 0.590. The third-order valence-corrected chi connectivity index (χ3v) is 5.41. The van der Waals surface area contributed by atoms with Crippen molar-refractivity contribution in [3.63, 3.8) is 0 Å². The maximum absolute atomic E-state index is 2.24. The standard InChI is InChI=1S/C16H18.C8H12S/c1-16(2,3)15-11-9-14(10-12-15)13-7-5-4-6-8-13;1-8(2,3)7-5-4-6-9-7/h4-12H,1-3H3;4-6H,1-3H3. The molecule has 0 amide bonds. The molecule has 0 bridgehead atoms. The lowest BCUT2D eigenvalue weighted by Crippen LogP contribution is -2.10. The van der Waals surface area contributed by atoms with Crippen LogP contribution in [0.25, 0.3) is 11.1 Å². The van der Waals surface area contributed by atoms with Crippen molar-refractivity contribution in [2.45, 2.75) is 52.4 Å². The molecule has 0 nitrogen and oxygen atoms in total. The Morgan fingerprint density at radius 3 is 1.52 bits per heavy atom. The zero-order valence-corrected chi connectivity index (χ0v) is 17.2. The van der Waals surface area contributed by atoms with Crippen LogP contribution in [0.4, 0.5) is 0 Å². The minimum atomic E-state index is 0.231. The molecular weight excluding hydrogens is 320 g/mol. The molecular formula is C24H30S. The molecule has 0 radical (unpaired) electrons. The highest BCUT2D eigenvalue weighted by molar-refractivity contribution is 7.10. The van der Waals surface area contributed by atoms with Crippen LogP contribution in [0, 0.1) is 0 Å². The van der Waals surface area contributed by atoms with E-state index in [2.05, 4.69) is 108 Å². The van der Waals surface area contributed by atoms with Gasteiger partial charge in [0.2, 0.25) is 0 Å². The summed E-state index contributed by atoms with van der Waals surface area (Å²) in [5.41, 5.74) is 4.52. The Bertz CT molecular complexity index is 737. The van der Waals surface area contributed by atoms with Gasteiger partial charge in [-0.3, -0.25) is 0 Å². The quantitative estimate of drug-likeness (QED) is 0.422. The molecule has 1 aromatic heterocycles. The fraction of sp³-hybridized carbons (Fsp3) is 0.333. The van der Waals surface area contributed by atoms with E-state index in [1.165, 1.54) is 21.6 Å². The second-order valence-electron chi connectivity index (χ2n) is 8.42. The second-order valence-corrected chi connectivity index (χ2v) is 9.37. The van der Waals surface area contributed by atoms with Crippen molar-refractivity contribution in [1.29, 1.82) is 0 Å². The summed E-state index contributed by atoms with van der Waals surface area (Å²) < 4.78 is 0. The Morgan fingerprint density at radius 1 is 0.560 bits per heavy atom. The molecule has 3 rings (SSSR count). The molecule has 0 aliphatic rings. The van der Waals surface area contributed by atoms with E-state index in [1.54, 1.807) is 0 Å². The van der Waals surface area contributed by atoms with Gasteiger partial charge in [-0.1, -0.05) is 102 Å². The van der Waals surface area contributed by atoms with Crippen molar-refractivity contribution in [3.8, 4) is 11.1 Å². The summed E-state index contributed by atoms with van der Waals surface area (Å²) in [6.07, 6.45) is 0. The van der Waals surface area contributed by atoms with Gasteiger partial charge in [-0.15, -0.1) is 11.3 Å². The van der Waals surface area contributed by atoms with Gasteiger partial charge in [0.25, 0.3) is 0 Å². The third kappa shape index (κ3) is 5.86. The highest BCUT2D eigenvalue weighted by atomic mass is 32.1. The van der Waals surface area contributed by atoms with Gasteiger partial charge in [0.05, 0.1) is 0 Å². The molecule has 0 aliphatic heterocycles. The van der Waals surface area contributed by atoms with E-state index in [1.807, 2.05) is 17.4 Å². The molecule has 0 unspecified atom stereocenters. The maximum atomic E-state index is 2.24. The van der Waals surface area contributed by atoms with E-state index in [0.717, 1.165) is 0 Å². The van der Waals surface area contributed by atoms with E-state index in [4.69, 9.17) is 0 Å². The average Bonchev–Trinajstić information content (AvgIpc) is 3.10. The number of thiophene rings is 1. The Kier molecular flexibility index (Phi) is 6.24. The molecule has 0 aliphatic carbocycles. The summed E-state index contributed by atoms with van der Waals surface area (Å²) in [6, 6.07) is 23.6.